The summed E-state index contributed by atoms with van der Waals surface area (Å²) in [7, 11) is 0. The Hall–Kier alpha value is -7.87. The first-order valence-electron chi connectivity index (χ1n) is 19.5. The number of hydrogen-bond acceptors (Lipinski definition) is 1. The van der Waals surface area contributed by atoms with Crippen molar-refractivity contribution in [1.29, 1.82) is 5.26 Å². The molecule has 0 spiro atoms. The highest BCUT2D eigenvalue weighted by Crippen LogP contribution is 2.46. The molecule has 0 aliphatic carbocycles. The van der Waals surface area contributed by atoms with E-state index in [1.54, 1.807) is 12.1 Å². The minimum atomic E-state index is -4.76. The molecular formula is C53H33F3N4. The third kappa shape index (κ3) is 5.82. The molecule has 0 N–H and O–H groups in total. The van der Waals surface area contributed by atoms with Crippen LogP contribution in [-0.4, -0.2) is 9.13 Å². The van der Waals surface area contributed by atoms with Crippen LogP contribution in [0.15, 0.2) is 164 Å². The SMILES string of the molecule is [C-]#[N+]c1cccc(C(F)(F)F)c1-c1cc(-n2c3ccccc3c3cc(-c4cccc(C)c4)ccc32)c(C#N)c(-n2c3ccccc3c3cc(-c4cccc(C)c4)ccc32)c1. The third-order valence-corrected chi connectivity index (χ3v) is 11.5. The number of rotatable bonds is 5. The monoisotopic (exact) mass is 782 g/mol. The number of hydrogen-bond donors (Lipinski definition) is 0. The van der Waals surface area contributed by atoms with Crippen LogP contribution in [0, 0.1) is 31.8 Å². The molecule has 0 amide bonds. The molecule has 2 aromatic heterocycles. The van der Waals surface area contributed by atoms with Crippen molar-refractivity contribution in [3.05, 3.63) is 197 Å². The van der Waals surface area contributed by atoms with Gasteiger partial charge in [0.15, 0.2) is 5.69 Å². The Morgan fingerprint density at radius 3 is 1.43 bits per heavy atom. The van der Waals surface area contributed by atoms with Gasteiger partial charge in [0.25, 0.3) is 0 Å². The molecule has 0 radical (unpaired) electrons. The van der Waals surface area contributed by atoms with Crippen LogP contribution in [0.25, 0.3) is 93.2 Å². The van der Waals surface area contributed by atoms with Gasteiger partial charge in [0.05, 0.1) is 45.6 Å². The second-order valence-corrected chi connectivity index (χ2v) is 15.2. The summed E-state index contributed by atoms with van der Waals surface area (Å²) in [6, 6.07) is 54.2. The predicted molar refractivity (Wildman–Crippen MR) is 237 cm³/mol. The molecule has 286 valence electrons. The second kappa shape index (κ2) is 13.9. The van der Waals surface area contributed by atoms with E-state index in [0.717, 1.165) is 83.1 Å². The first-order valence-corrected chi connectivity index (χ1v) is 19.5. The lowest BCUT2D eigenvalue weighted by atomic mass is 9.94. The second-order valence-electron chi connectivity index (χ2n) is 15.2. The van der Waals surface area contributed by atoms with E-state index in [4.69, 9.17) is 6.57 Å². The number of aryl methyl sites for hydroxylation is 2. The maximum absolute atomic E-state index is 15.0. The number of aromatic nitrogens is 2. The van der Waals surface area contributed by atoms with Gasteiger partial charge in [-0.1, -0.05) is 126 Å². The summed E-state index contributed by atoms with van der Waals surface area (Å²) in [5.41, 5.74) is 9.48. The van der Waals surface area contributed by atoms with Crippen molar-refractivity contribution in [2.75, 3.05) is 0 Å². The average Bonchev–Trinajstić information content (AvgIpc) is 3.77. The standard InChI is InChI=1S/C53H33F3N4/c1-32-11-8-13-34(25-32)36-21-23-48-41(27-36)39-15-4-6-19-46(39)59(48)50-29-38(52-44(53(54,55)56)17-10-18-45(52)58-3)30-51(43(50)31-57)60-47-20-7-5-16-40(47)42-28-37(22-24-49(42)60)35-14-9-12-33(2)26-35/h4-30H,1-2H3. The van der Waals surface area contributed by atoms with Crippen molar-refractivity contribution in [2.24, 2.45) is 0 Å². The molecule has 4 nitrogen and oxygen atoms in total. The van der Waals surface area contributed by atoms with E-state index in [0.29, 0.717) is 11.4 Å². The highest BCUT2D eigenvalue weighted by molar-refractivity contribution is 6.12. The number of nitriles is 1. The number of alkyl halides is 3. The minimum absolute atomic E-state index is 0.138. The zero-order valence-corrected chi connectivity index (χ0v) is 32.5. The van der Waals surface area contributed by atoms with E-state index in [1.807, 2.05) is 94.1 Å². The van der Waals surface area contributed by atoms with Gasteiger partial charge in [0.1, 0.15) is 11.6 Å². The lowest BCUT2D eigenvalue weighted by Crippen LogP contribution is -2.09. The van der Waals surface area contributed by atoms with Gasteiger partial charge >= 0.3 is 6.18 Å². The van der Waals surface area contributed by atoms with Crippen LogP contribution < -0.4 is 0 Å². The molecule has 2 heterocycles. The summed E-state index contributed by atoms with van der Waals surface area (Å²) >= 11 is 0. The molecule has 0 bridgehead atoms. The van der Waals surface area contributed by atoms with E-state index in [-0.39, 0.29) is 22.4 Å². The maximum Gasteiger partial charge on any atom is 0.415 e. The first-order chi connectivity index (χ1) is 29.1. The molecule has 0 atom stereocenters. The fraction of sp³-hybridized carbons (Fsp3) is 0.0566. The molecule has 0 saturated carbocycles. The van der Waals surface area contributed by atoms with Crippen LogP contribution in [0.1, 0.15) is 22.3 Å². The van der Waals surface area contributed by atoms with Crippen molar-refractivity contribution in [3.8, 4) is 50.8 Å². The molecule has 0 aliphatic heterocycles. The van der Waals surface area contributed by atoms with Gasteiger partial charge in [-0.15, -0.1) is 0 Å². The van der Waals surface area contributed by atoms with Crippen molar-refractivity contribution in [2.45, 2.75) is 20.0 Å². The number of halogens is 3. The van der Waals surface area contributed by atoms with Gasteiger partial charge in [-0.25, -0.2) is 4.85 Å². The van der Waals surface area contributed by atoms with Crippen LogP contribution in [0.2, 0.25) is 0 Å². The molecule has 0 saturated heterocycles. The van der Waals surface area contributed by atoms with Crippen molar-refractivity contribution in [1.82, 2.24) is 9.13 Å². The van der Waals surface area contributed by atoms with E-state index >= 15 is 13.2 Å². The van der Waals surface area contributed by atoms with Gasteiger partial charge in [-0.05, 0) is 95.8 Å². The summed E-state index contributed by atoms with van der Waals surface area (Å²) in [6.07, 6.45) is -4.76. The molecular weight excluding hydrogens is 750 g/mol. The summed E-state index contributed by atoms with van der Waals surface area (Å²) in [5.74, 6) is 0. The summed E-state index contributed by atoms with van der Waals surface area (Å²) in [4.78, 5) is 3.61. The first kappa shape index (κ1) is 36.5. The average molecular weight is 783 g/mol. The fourth-order valence-electron chi connectivity index (χ4n) is 8.87. The Labute approximate surface area is 344 Å². The van der Waals surface area contributed by atoms with Crippen molar-refractivity contribution in [3.63, 3.8) is 0 Å². The molecule has 7 heteroatoms. The lowest BCUT2D eigenvalue weighted by molar-refractivity contribution is -0.137. The minimum Gasteiger partial charge on any atom is -0.308 e. The van der Waals surface area contributed by atoms with Crippen LogP contribution in [0.3, 0.4) is 0 Å². The quantitative estimate of drug-likeness (QED) is 0.160. The van der Waals surface area contributed by atoms with Gasteiger partial charge in [0, 0.05) is 21.5 Å². The van der Waals surface area contributed by atoms with Crippen LogP contribution in [0.4, 0.5) is 18.9 Å². The van der Waals surface area contributed by atoms with Gasteiger partial charge in [-0.2, -0.15) is 18.4 Å². The van der Waals surface area contributed by atoms with Gasteiger partial charge < -0.3 is 9.13 Å². The lowest BCUT2D eigenvalue weighted by Gasteiger charge is -2.21. The highest BCUT2D eigenvalue weighted by Gasteiger charge is 2.35. The summed E-state index contributed by atoms with van der Waals surface area (Å²) in [6.45, 7) is 12.1. The predicted octanol–water partition coefficient (Wildman–Crippen LogP) is 14.9. The molecule has 10 aromatic rings. The number of benzene rings is 8. The Bertz CT molecular complexity index is 3300. The molecule has 0 fully saturated rings. The van der Waals surface area contributed by atoms with Crippen molar-refractivity contribution < 1.29 is 13.2 Å². The van der Waals surface area contributed by atoms with E-state index in [9.17, 15) is 5.26 Å². The van der Waals surface area contributed by atoms with Crippen molar-refractivity contribution >= 4 is 49.3 Å². The number of para-hydroxylation sites is 2. The topological polar surface area (TPSA) is 38.0 Å². The third-order valence-electron chi connectivity index (χ3n) is 11.5. The van der Waals surface area contributed by atoms with E-state index < -0.39 is 11.7 Å². The summed E-state index contributed by atoms with van der Waals surface area (Å²) in [5, 5.41) is 15.1. The normalized spacial score (nSPS) is 11.7. The zero-order chi connectivity index (χ0) is 41.3. The van der Waals surface area contributed by atoms with Crippen LogP contribution in [0.5, 0.6) is 0 Å². The van der Waals surface area contributed by atoms with Crippen LogP contribution >= 0.6 is 0 Å². The fourth-order valence-corrected chi connectivity index (χ4v) is 8.87. The smallest absolute Gasteiger partial charge is 0.308 e. The Balaban J connectivity index is 1.34. The Morgan fingerprint density at radius 2 is 0.967 bits per heavy atom. The van der Waals surface area contributed by atoms with E-state index in [1.165, 1.54) is 12.1 Å². The molecule has 0 unspecified atom stereocenters. The Kier molecular flexibility index (Phi) is 8.45. The maximum atomic E-state index is 15.0. The molecule has 60 heavy (non-hydrogen) atoms. The largest absolute Gasteiger partial charge is 0.415 e. The zero-order valence-electron chi connectivity index (χ0n) is 32.5. The number of nitrogens with zero attached hydrogens (tertiary/aromatic N) is 4. The summed E-state index contributed by atoms with van der Waals surface area (Å²) < 4.78 is 49.0. The molecule has 10 rings (SSSR count). The molecule has 8 aromatic carbocycles. The van der Waals surface area contributed by atoms with E-state index in [2.05, 4.69) is 73.3 Å². The highest BCUT2D eigenvalue weighted by atomic mass is 19.4. The van der Waals surface area contributed by atoms with Gasteiger partial charge in [-0.3, -0.25) is 0 Å². The Morgan fingerprint density at radius 1 is 0.500 bits per heavy atom. The number of fused-ring (bicyclic) bond motifs is 6. The van der Waals surface area contributed by atoms with Gasteiger partial charge in [0.2, 0.25) is 0 Å². The van der Waals surface area contributed by atoms with Crippen LogP contribution in [-0.2, 0) is 6.18 Å². The molecule has 0 aliphatic rings.